The van der Waals surface area contributed by atoms with E-state index in [1.165, 1.54) is 0 Å². The fourth-order valence-electron chi connectivity index (χ4n) is 2.96. The van der Waals surface area contributed by atoms with Crippen LogP contribution in [0.25, 0.3) is 0 Å². The third-order valence-corrected chi connectivity index (χ3v) is 4.36. The van der Waals surface area contributed by atoms with Crippen LogP contribution in [-0.4, -0.2) is 45.2 Å². The van der Waals surface area contributed by atoms with Crippen molar-refractivity contribution in [2.24, 2.45) is 0 Å². The SMILES string of the molecule is CCOc1ccccc1OC(NC(C)CC(O)c1cnc(C)nc1C)C(C)O. The number of nitrogens with zero attached hydrogens (tertiary/aromatic N) is 2. The van der Waals surface area contributed by atoms with Gasteiger partial charge in [-0.25, -0.2) is 9.97 Å². The van der Waals surface area contributed by atoms with Crippen molar-refractivity contribution in [3.05, 3.63) is 47.5 Å². The summed E-state index contributed by atoms with van der Waals surface area (Å²) < 4.78 is 11.5. The van der Waals surface area contributed by atoms with Crippen molar-refractivity contribution in [1.29, 1.82) is 0 Å². The summed E-state index contributed by atoms with van der Waals surface area (Å²) in [6.45, 7) is 9.69. The molecular formula is C21H31N3O4. The summed E-state index contributed by atoms with van der Waals surface area (Å²) in [6, 6.07) is 7.21. The molecule has 0 spiro atoms. The van der Waals surface area contributed by atoms with Crippen LogP contribution in [0.4, 0.5) is 0 Å². The second-order valence-electron chi connectivity index (χ2n) is 6.94. The van der Waals surface area contributed by atoms with Gasteiger partial charge in [0.25, 0.3) is 0 Å². The van der Waals surface area contributed by atoms with Crippen LogP contribution in [-0.2, 0) is 0 Å². The van der Waals surface area contributed by atoms with Crippen LogP contribution in [0.5, 0.6) is 11.5 Å². The van der Waals surface area contributed by atoms with E-state index in [1.807, 2.05) is 45.9 Å². The van der Waals surface area contributed by atoms with Gasteiger partial charge in [0.2, 0.25) is 0 Å². The molecule has 4 atom stereocenters. The van der Waals surface area contributed by atoms with Crippen LogP contribution in [0.15, 0.2) is 30.5 Å². The number of para-hydroxylation sites is 2. The van der Waals surface area contributed by atoms with Gasteiger partial charge in [-0.15, -0.1) is 0 Å². The smallest absolute Gasteiger partial charge is 0.176 e. The second kappa shape index (κ2) is 10.4. The molecule has 0 saturated heterocycles. The lowest BCUT2D eigenvalue weighted by Crippen LogP contribution is -2.47. The Morgan fingerprint density at radius 1 is 1.11 bits per heavy atom. The molecule has 0 bridgehead atoms. The van der Waals surface area contributed by atoms with Gasteiger partial charge in [-0.1, -0.05) is 12.1 Å². The first kappa shape index (κ1) is 22.1. The summed E-state index contributed by atoms with van der Waals surface area (Å²) >= 11 is 0. The Labute approximate surface area is 166 Å². The van der Waals surface area contributed by atoms with Crippen LogP contribution < -0.4 is 14.8 Å². The summed E-state index contributed by atoms with van der Waals surface area (Å²) in [5.74, 6) is 1.85. The van der Waals surface area contributed by atoms with Crippen LogP contribution in [0.3, 0.4) is 0 Å². The topological polar surface area (TPSA) is 96.7 Å². The Kier molecular flexibility index (Phi) is 8.17. The number of ether oxygens (including phenoxy) is 2. The summed E-state index contributed by atoms with van der Waals surface area (Å²) in [7, 11) is 0. The summed E-state index contributed by atoms with van der Waals surface area (Å²) in [6.07, 6.45) is -0.0467. The minimum absolute atomic E-state index is 0.130. The van der Waals surface area contributed by atoms with E-state index in [0.29, 0.717) is 35.9 Å². The van der Waals surface area contributed by atoms with Gasteiger partial charge < -0.3 is 19.7 Å². The van der Waals surface area contributed by atoms with Gasteiger partial charge in [-0.3, -0.25) is 5.32 Å². The van der Waals surface area contributed by atoms with Crippen molar-refractivity contribution in [2.45, 2.75) is 65.5 Å². The first-order chi connectivity index (χ1) is 13.3. The Hall–Kier alpha value is -2.22. The number of aliphatic hydroxyl groups is 2. The predicted octanol–water partition coefficient (Wildman–Crippen LogP) is 2.68. The summed E-state index contributed by atoms with van der Waals surface area (Å²) in [5.41, 5.74) is 1.47. The largest absolute Gasteiger partial charge is 0.490 e. The monoisotopic (exact) mass is 389 g/mol. The van der Waals surface area contributed by atoms with Crippen molar-refractivity contribution in [1.82, 2.24) is 15.3 Å². The maximum absolute atomic E-state index is 10.6. The molecule has 0 aliphatic carbocycles. The van der Waals surface area contributed by atoms with Crippen molar-refractivity contribution in [3.63, 3.8) is 0 Å². The Morgan fingerprint density at radius 2 is 1.79 bits per heavy atom. The second-order valence-corrected chi connectivity index (χ2v) is 6.94. The van der Waals surface area contributed by atoms with Gasteiger partial charge in [0.1, 0.15) is 11.9 Å². The molecule has 2 rings (SSSR count). The average molecular weight is 389 g/mol. The van der Waals surface area contributed by atoms with Crippen molar-refractivity contribution >= 4 is 0 Å². The predicted molar refractivity (Wildman–Crippen MR) is 107 cm³/mol. The van der Waals surface area contributed by atoms with E-state index in [4.69, 9.17) is 9.47 Å². The molecule has 28 heavy (non-hydrogen) atoms. The Balaban J connectivity index is 2.03. The van der Waals surface area contributed by atoms with Crippen LogP contribution in [0.1, 0.15) is 50.4 Å². The first-order valence-electron chi connectivity index (χ1n) is 9.62. The standard InChI is InChI=1S/C21H31N3O4/c1-6-27-19-9-7-8-10-20(19)28-21(15(4)25)23-13(2)11-18(26)17-12-22-16(5)24-14(17)3/h7-10,12-13,15,18,21,23,25-26H,6,11H2,1-5H3. The molecule has 0 saturated carbocycles. The number of nitrogens with one attached hydrogen (secondary N) is 1. The van der Waals surface area contributed by atoms with Gasteiger partial charge in [0.15, 0.2) is 17.7 Å². The zero-order valence-corrected chi connectivity index (χ0v) is 17.2. The van der Waals surface area contributed by atoms with E-state index < -0.39 is 18.4 Å². The molecule has 0 fully saturated rings. The Bertz CT molecular complexity index is 754. The highest BCUT2D eigenvalue weighted by atomic mass is 16.5. The van der Waals surface area contributed by atoms with Gasteiger partial charge in [-0.2, -0.15) is 0 Å². The van der Waals surface area contributed by atoms with Gasteiger partial charge in [-0.05, 0) is 53.2 Å². The van der Waals surface area contributed by atoms with Crippen molar-refractivity contribution < 1.29 is 19.7 Å². The van der Waals surface area contributed by atoms with E-state index in [1.54, 1.807) is 19.2 Å². The van der Waals surface area contributed by atoms with E-state index in [0.717, 1.165) is 5.69 Å². The van der Waals surface area contributed by atoms with Crippen LogP contribution in [0, 0.1) is 13.8 Å². The fraction of sp³-hybridized carbons (Fsp3) is 0.524. The molecule has 1 aromatic carbocycles. The highest BCUT2D eigenvalue weighted by Gasteiger charge is 2.23. The highest BCUT2D eigenvalue weighted by Crippen LogP contribution is 2.28. The quantitative estimate of drug-likeness (QED) is 0.538. The Morgan fingerprint density at radius 3 is 2.39 bits per heavy atom. The normalized spacial score (nSPS) is 15.5. The van der Waals surface area contributed by atoms with Crippen LogP contribution >= 0.6 is 0 Å². The minimum Gasteiger partial charge on any atom is -0.490 e. The average Bonchev–Trinajstić information content (AvgIpc) is 2.62. The first-order valence-corrected chi connectivity index (χ1v) is 9.62. The zero-order chi connectivity index (χ0) is 20.7. The molecule has 1 heterocycles. The number of benzene rings is 1. The molecule has 1 aromatic heterocycles. The molecular weight excluding hydrogens is 358 g/mol. The molecule has 3 N–H and O–H groups in total. The molecule has 7 heteroatoms. The van der Waals surface area contributed by atoms with Gasteiger partial charge in [0, 0.05) is 23.5 Å². The van der Waals surface area contributed by atoms with E-state index in [2.05, 4.69) is 15.3 Å². The number of hydrogen-bond acceptors (Lipinski definition) is 7. The molecule has 0 aliphatic heterocycles. The van der Waals surface area contributed by atoms with Crippen LogP contribution in [0.2, 0.25) is 0 Å². The molecule has 2 aromatic rings. The molecule has 4 unspecified atom stereocenters. The molecule has 0 radical (unpaired) electrons. The zero-order valence-electron chi connectivity index (χ0n) is 17.2. The lowest BCUT2D eigenvalue weighted by atomic mass is 10.0. The summed E-state index contributed by atoms with van der Waals surface area (Å²) in [4.78, 5) is 8.47. The van der Waals surface area contributed by atoms with E-state index in [9.17, 15) is 10.2 Å². The van der Waals surface area contributed by atoms with E-state index in [-0.39, 0.29) is 6.04 Å². The highest BCUT2D eigenvalue weighted by molar-refractivity contribution is 5.39. The lowest BCUT2D eigenvalue weighted by Gasteiger charge is -2.28. The number of aromatic nitrogens is 2. The van der Waals surface area contributed by atoms with Gasteiger partial charge in [0.05, 0.1) is 12.7 Å². The molecule has 0 aliphatic rings. The maximum Gasteiger partial charge on any atom is 0.176 e. The number of rotatable bonds is 10. The van der Waals surface area contributed by atoms with Gasteiger partial charge >= 0.3 is 0 Å². The maximum atomic E-state index is 10.6. The number of aliphatic hydroxyl groups excluding tert-OH is 2. The fourth-order valence-corrected chi connectivity index (χ4v) is 2.96. The van der Waals surface area contributed by atoms with E-state index >= 15 is 0 Å². The minimum atomic E-state index is -0.765. The molecule has 7 nitrogen and oxygen atoms in total. The molecule has 0 amide bonds. The lowest BCUT2D eigenvalue weighted by molar-refractivity contribution is 0.0138. The third-order valence-electron chi connectivity index (χ3n) is 4.36. The molecule has 154 valence electrons. The number of hydrogen-bond donors (Lipinski definition) is 3. The summed E-state index contributed by atoms with van der Waals surface area (Å²) in [5, 5.41) is 24.0. The third kappa shape index (κ3) is 6.15. The number of aryl methyl sites for hydroxylation is 2. The van der Waals surface area contributed by atoms with Crippen molar-refractivity contribution in [3.8, 4) is 11.5 Å². The van der Waals surface area contributed by atoms with Crippen molar-refractivity contribution in [2.75, 3.05) is 6.61 Å².